The molecule has 6 atom stereocenters. The molecule has 2 saturated carbocycles. The van der Waals surface area contributed by atoms with E-state index in [0.29, 0.717) is 36.9 Å². The normalized spacial score (nSPS) is 24.2. The highest BCUT2D eigenvalue weighted by atomic mass is 16.5. The summed E-state index contributed by atoms with van der Waals surface area (Å²) >= 11 is 0. The van der Waals surface area contributed by atoms with Gasteiger partial charge in [0, 0.05) is 11.4 Å². The molecule has 0 spiro atoms. The average molecular weight is 647 g/mol. The molecular weight excluding hydrogens is 600 g/mol. The highest BCUT2D eigenvalue weighted by Gasteiger charge is 2.43. The van der Waals surface area contributed by atoms with E-state index in [1.165, 1.54) is 0 Å². The molecule has 2 fully saturated rings. The first-order valence-corrected chi connectivity index (χ1v) is 17.1. The lowest BCUT2D eigenvalue weighted by molar-refractivity contribution is -0.136. The Morgan fingerprint density at radius 2 is 0.958 bits per heavy atom. The second kappa shape index (κ2) is 16.3. The third kappa shape index (κ3) is 8.68. The zero-order chi connectivity index (χ0) is 33.3. The number of aliphatic hydroxyl groups is 2. The van der Waals surface area contributed by atoms with E-state index < -0.39 is 0 Å². The van der Waals surface area contributed by atoms with Gasteiger partial charge in [0.15, 0.2) is 0 Å². The number of aromatic nitrogens is 4. The van der Waals surface area contributed by atoms with Crippen LogP contribution in [0, 0.1) is 37.5 Å². The number of fused-ring (bicyclic) bond motifs is 1. The predicted molar refractivity (Wildman–Crippen MR) is 186 cm³/mol. The molecule has 0 unspecified atom stereocenters. The zero-order valence-electron chi connectivity index (χ0n) is 27.9. The van der Waals surface area contributed by atoms with Crippen LogP contribution in [0.5, 0.6) is 0 Å². The fraction of sp³-hybridized carbons (Fsp3) is 0.400. The summed E-state index contributed by atoms with van der Waals surface area (Å²) in [4.78, 5) is 19.1. The van der Waals surface area contributed by atoms with Gasteiger partial charge in [0.2, 0.25) is 0 Å². The van der Waals surface area contributed by atoms with Crippen molar-refractivity contribution in [1.82, 2.24) is 19.9 Å². The van der Waals surface area contributed by atoms with Crippen molar-refractivity contribution in [1.29, 1.82) is 0 Å². The lowest BCUT2D eigenvalue weighted by Gasteiger charge is -2.47. The molecule has 4 aromatic rings. The fourth-order valence-corrected chi connectivity index (χ4v) is 7.34. The number of hydrogen-bond donors (Lipinski definition) is 2. The molecule has 0 saturated heterocycles. The molecule has 6 rings (SSSR count). The van der Waals surface area contributed by atoms with Gasteiger partial charge < -0.3 is 19.7 Å². The largest absolute Gasteiger partial charge is 0.392 e. The minimum absolute atomic E-state index is 0.0298. The molecule has 0 aromatic carbocycles. The Bertz CT molecular complexity index is 1580. The van der Waals surface area contributed by atoms with Gasteiger partial charge in [-0.15, -0.1) is 0 Å². The molecule has 250 valence electrons. The van der Waals surface area contributed by atoms with E-state index in [1.807, 2.05) is 98.8 Å². The summed E-state index contributed by atoms with van der Waals surface area (Å²) in [6, 6.07) is 23.9. The highest BCUT2D eigenvalue weighted by Crippen LogP contribution is 2.48. The van der Waals surface area contributed by atoms with Crippen LogP contribution in [0.2, 0.25) is 0 Å². The van der Waals surface area contributed by atoms with E-state index in [0.717, 1.165) is 71.2 Å². The van der Waals surface area contributed by atoms with Crippen molar-refractivity contribution < 1.29 is 19.7 Å². The van der Waals surface area contributed by atoms with Crippen molar-refractivity contribution >= 4 is 0 Å². The number of allylic oxidation sites excluding steroid dienone is 2. The number of ether oxygens (including phenoxy) is 2. The lowest BCUT2D eigenvalue weighted by atomic mass is 9.62. The highest BCUT2D eigenvalue weighted by molar-refractivity contribution is 5.55. The van der Waals surface area contributed by atoms with E-state index in [2.05, 4.69) is 22.1 Å². The van der Waals surface area contributed by atoms with Crippen molar-refractivity contribution in [2.75, 3.05) is 13.2 Å². The summed E-state index contributed by atoms with van der Waals surface area (Å²) in [6.07, 6.45) is 11.6. The molecule has 0 bridgehead atoms. The lowest BCUT2D eigenvalue weighted by Crippen LogP contribution is -2.45. The second-order valence-corrected chi connectivity index (χ2v) is 13.1. The maximum Gasteiger partial charge on any atom is 0.0893 e. The molecule has 0 radical (unpaired) electrons. The minimum atomic E-state index is -0.109. The van der Waals surface area contributed by atoms with Crippen molar-refractivity contribution in [3.05, 3.63) is 120 Å². The number of nitrogens with zero attached hydrogens (tertiary/aromatic N) is 4. The van der Waals surface area contributed by atoms with Crippen molar-refractivity contribution in [3.8, 4) is 22.8 Å². The summed E-state index contributed by atoms with van der Waals surface area (Å²) < 4.78 is 13.4. The van der Waals surface area contributed by atoms with Crippen LogP contribution in [0.3, 0.4) is 0 Å². The van der Waals surface area contributed by atoms with Crippen molar-refractivity contribution in [2.45, 2.75) is 65.0 Å². The summed E-state index contributed by atoms with van der Waals surface area (Å²) in [5.74, 6) is 1.54. The van der Waals surface area contributed by atoms with Gasteiger partial charge in [-0.25, -0.2) is 9.97 Å². The minimum Gasteiger partial charge on any atom is -0.392 e. The van der Waals surface area contributed by atoms with Gasteiger partial charge in [-0.3, -0.25) is 9.97 Å². The SMILES string of the molecule is Cc1cccc(-c2cccc(CO[C@@H]3C[C@H]4C[C@H](/C=C/CO)[C@@H](/C=C/CO)C[C@H]4C[C@H]3OCc3cccc(-c4cccc(C)n4)n3)n2)n1. The molecule has 0 amide bonds. The van der Waals surface area contributed by atoms with E-state index in [-0.39, 0.29) is 25.4 Å². The monoisotopic (exact) mass is 646 g/mol. The molecule has 0 aliphatic heterocycles. The Morgan fingerprint density at radius 3 is 1.35 bits per heavy atom. The molecule has 8 nitrogen and oxygen atoms in total. The molecule has 48 heavy (non-hydrogen) atoms. The van der Waals surface area contributed by atoms with Crippen LogP contribution in [0.4, 0.5) is 0 Å². The van der Waals surface area contributed by atoms with Crippen LogP contribution < -0.4 is 0 Å². The molecular formula is C40H46N4O4. The topological polar surface area (TPSA) is 110 Å². The number of aryl methyl sites for hydroxylation is 2. The van der Waals surface area contributed by atoms with E-state index in [9.17, 15) is 10.2 Å². The third-order valence-electron chi connectivity index (χ3n) is 9.63. The smallest absolute Gasteiger partial charge is 0.0893 e. The van der Waals surface area contributed by atoms with E-state index >= 15 is 0 Å². The molecule has 4 heterocycles. The predicted octanol–water partition coefficient (Wildman–Crippen LogP) is 6.84. The number of pyridine rings is 4. The average Bonchev–Trinajstić information content (AvgIpc) is 3.11. The Kier molecular flexibility index (Phi) is 11.5. The summed E-state index contributed by atoms with van der Waals surface area (Å²) in [5.41, 5.74) is 6.99. The van der Waals surface area contributed by atoms with Crippen LogP contribution in [0.1, 0.15) is 48.5 Å². The summed E-state index contributed by atoms with van der Waals surface area (Å²) in [6.45, 7) is 4.79. The van der Waals surface area contributed by atoms with Crippen molar-refractivity contribution in [3.63, 3.8) is 0 Å². The maximum absolute atomic E-state index is 9.50. The molecule has 8 heteroatoms. The van der Waals surface area contributed by atoms with Gasteiger partial charge in [-0.05, 0) is 112 Å². The summed E-state index contributed by atoms with van der Waals surface area (Å²) in [7, 11) is 0. The quantitative estimate of drug-likeness (QED) is 0.161. The zero-order valence-corrected chi connectivity index (χ0v) is 27.9. The van der Waals surface area contributed by atoms with Crippen LogP contribution in [-0.2, 0) is 22.7 Å². The Hall–Kier alpha value is -4.08. The first-order chi connectivity index (χ1) is 23.5. The van der Waals surface area contributed by atoms with Gasteiger partial charge in [0.25, 0.3) is 0 Å². The maximum atomic E-state index is 9.50. The second-order valence-electron chi connectivity index (χ2n) is 13.1. The van der Waals surface area contributed by atoms with Gasteiger partial charge in [0.05, 0.1) is 72.8 Å². The fourth-order valence-electron chi connectivity index (χ4n) is 7.34. The number of aliphatic hydroxyl groups excluding tert-OH is 2. The van der Waals surface area contributed by atoms with Crippen LogP contribution in [0.15, 0.2) is 97.1 Å². The molecule has 2 N–H and O–H groups in total. The van der Waals surface area contributed by atoms with Gasteiger partial charge in [-0.2, -0.15) is 0 Å². The van der Waals surface area contributed by atoms with Gasteiger partial charge >= 0.3 is 0 Å². The Labute approximate surface area is 283 Å². The first-order valence-electron chi connectivity index (χ1n) is 17.1. The van der Waals surface area contributed by atoms with Gasteiger partial charge in [-0.1, -0.05) is 48.6 Å². The molecule has 4 aromatic heterocycles. The number of hydrogen-bond acceptors (Lipinski definition) is 8. The van der Waals surface area contributed by atoms with Crippen molar-refractivity contribution in [2.24, 2.45) is 23.7 Å². The van der Waals surface area contributed by atoms with Crippen LogP contribution >= 0.6 is 0 Å². The van der Waals surface area contributed by atoms with E-state index in [4.69, 9.17) is 19.4 Å². The molecule has 2 aliphatic rings. The number of rotatable bonds is 12. The van der Waals surface area contributed by atoms with Gasteiger partial charge in [0.1, 0.15) is 0 Å². The summed E-state index contributed by atoms with van der Waals surface area (Å²) in [5, 5.41) is 19.0. The standard InChI is InChI=1S/C40H46N4O4/c1-27-9-3-15-35(41-27)37-17-5-13-33(43-37)25-47-39-23-31-21-29(11-7-19-45)30(12-8-20-46)22-32(31)24-40(39)48-26-34-14-6-18-38(44-34)36-16-4-10-28(2)42-36/h3-18,29-32,39-40,45-46H,19-26H2,1-2H3/b11-7+,12-8+/t29-,30-,31-,32+,39+,40+/m0/s1. The Balaban J connectivity index is 1.20. The first kappa shape index (κ1) is 33.8. The van der Waals surface area contributed by atoms with E-state index in [1.54, 1.807) is 0 Å². The Morgan fingerprint density at radius 1 is 0.562 bits per heavy atom. The third-order valence-corrected chi connectivity index (χ3v) is 9.63. The molecule has 2 aliphatic carbocycles. The van der Waals surface area contributed by atoms with Crippen LogP contribution in [0.25, 0.3) is 22.8 Å². The van der Waals surface area contributed by atoms with Crippen LogP contribution in [-0.4, -0.2) is 55.6 Å².